The van der Waals surface area contributed by atoms with E-state index in [9.17, 15) is 8.42 Å². The van der Waals surface area contributed by atoms with Crippen LogP contribution in [-0.2, 0) is 16.6 Å². The van der Waals surface area contributed by atoms with Crippen LogP contribution in [-0.4, -0.2) is 32.5 Å². The highest BCUT2D eigenvalue weighted by molar-refractivity contribution is 7.89. The van der Waals surface area contributed by atoms with Crippen LogP contribution in [0.25, 0.3) is 0 Å². The molecule has 0 radical (unpaired) electrons. The SMILES string of the molecule is Cc1c(Cl)cccc1S(=O)(=O)NCc1nccc(N(C)C)n1. The molecule has 0 aliphatic heterocycles. The number of anilines is 1. The molecule has 1 N–H and O–H groups in total. The van der Waals surface area contributed by atoms with Gasteiger partial charge in [0, 0.05) is 25.3 Å². The maximum Gasteiger partial charge on any atom is 0.241 e. The molecular weight excluding hydrogens is 324 g/mol. The normalized spacial score (nSPS) is 11.5. The number of rotatable bonds is 5. The van der Waals surface area contributed by atoms with Gasteiger partial charge in [-0.1, -0.05) is 17.7 Å². The Kier molecular flexibility index (Phi) is 5.00. The summed E-state index contributed by atoms with van der Waals surface area (Å²) in [5.41, 5.74) is 0.514. The second kappa shape index (κ2) is 6.60. The third-order valence-corrected chi connectivity index (χ3v) is 5.03. The van der Waals surface area contributed by atoms with Gasteiger partial charge in [-0.15, -0.1) is 0 Å². The minimum absolute atomic E-state index is 0.00989. The third-order valence-electron chi connectivity index (χ3n) is 3.08. The van der Waals surface area contributed by atoms with Gasteiger partial charge in [0.1, 0.15) is 11.6 Å². The van der Waals surface area contributed by atoms with Crippen LogP contribution in [0, 0.1) is 6.92 Å². The van der Waals surface area contributed by atoms with Crippen LogP contribution in [0.3, 0.4) is 0 Å². The van der Waals surface area contributed by atoms with E-state index in [1.165, 1.54) is 6.07 Å². The van der Waals surface area contributed by atoms with Crippen molar-refractivity contribution in [2.24, 2.45) is 0 Å². The highest BCUT2D eigenvalue weighted by atomic mass is 35.5. The van der Waals surface area contributed by atoms with Crippen LogP contribution in [0.5, 0.6) is 0 Å². The van der Waals surface area contributed by atoms with Crippen molar-refractivity contribution >= 4 is 27.4 Å². The van der Waals surface area contributed by atoms with Crippen molar-refractivity contribution in [1.29, 1.82) is 0 Å². The Morgan fingerprint density at radius 3 is 2.68 bits per heavy atom. The summed E-state index contributed by atoms with van der Waals surface area (Å²) < 4.78 is 27.2. The molecule has 118 valence electrons. The molecule has 1 aromatic carbocycles. The van der Waals surface area contributed by atoms with Gasteiger partial charge in [0.2, 0.25) is 10.0 Å². The Morgan fingerprint density at radius 1 is 1.27 bits per heavy atom. The number of aromatic nitrogens is 2. The zero-order chi connectivity index (χ0) is 16.3. The minimum atomic E-state index is -3.67. The maximum atomic E-state index is 12.4. The van der Waals surface area contributed by atoms with Crippen molar-refractivity contribution in [3.63, 3.8) is 0 Å². The molecule has 6 nitrogen and oxygen atoms in total. The lowest BCUT2D eigenvalue weighted by Gasteiger charge is -2.12. The van der Waals surface area contributed by atoms with Crippen LogP contribution >= 0.6 is 11.6 Å². The summed E-state index contributed by atoms with van der Waals surface area (Å²) >= 11 is 5.97. The summed E-state index contributed by atoms with van der Waals surface area (Å²) in [4.78, 5) is 10.3. The molecular formula is C14H17ClN4O2S. The molecule has 1 aromatic heterocycles. The lowest BCUT2D eigenvalue weighted by molar-refractivity contribution is 0.578. The van der Waals surface area contributed by atoms with E-state index in [-0.39, 0.29) is 11.4 Å². The number of benzene rings is 1. The van der Waals surface area contributed by atoms with Gasteiger partial charge in [0.15, 0.2) is 0 Å². The van der Waals surface area contributed by atoms with Gasteiger partial charge >= 0.3 is 0 Å². The van der Waals surface area contributed by atoms with Crippen LogP contribution < -0.4 is 9.62 Å². The number of sulfonamides is 1. The number of halogens is 1. The van der Waals surface area contributed by atoms with Crippen LogP contribution in [0.15, 0.2) is 35.4 Å². The minimum Gasteiger partial charge on any atom is -0.363 e. The Labute approximate surface area is 135 Å². The van der Waals surface area contributed by atoms with Gasteiger partial charge < -0.3 is 4.90 Å². The Hall–Kier alpha value is -1.70. The molecule has 0 saturated carbocycles. The fourth-order valence-electron chi connectivity index (χ4n) is 1.84. The van der Waals surface area contributed by atoms with Crippen LogP contribution in [0.4, 0.5) is 5.82 Å². The van der Waals surface area contributed by atoms with Gasteiger partial charge in [-0.25, -0.2) is 23.1 Å². The Morgan fingerprint density at radius 2 is 2.00 bits per heavy atom. The monoisotopic (exact) mass is 340 g/mol. The average molecular weight is 341 g/mol. The van der Waals surface area contributed by atoms with E-state index in [0.29, 0.717) is 22.2 Å². The van der Waals surface area contributed by atoms with E-state index in [1.807, 2.05) is 19.0 Å². The quantitative estimate of drug-likeness (QED) is 0.900. The standard InChI is InChI=1S/C14H17ClN4O2S/c1-10-11(15)5-4-6-12(10)22(20,21)17-9-13-16-8-7-14(18-13)19(2)3/h4-8,17H,9H2,1-3H3. The van der Waals surface area contributed by atoms with Crippen molar-refractivity contribution in [1.82, 2.24) is 14.7 Å². The summed E-state index contributed by atoms with van der Waals surface area (Å²) in [7, 11) is 0.0328. The molecule has 0 spiro atoms. The molecule has 0 fully saturated rings. The Balaban J connectivity index is 2.20. The molecule has 0 aliphatic rings. The molecule has 1 heterocycles. The Bertz CT molecular complexity index is 778. The topological polar surface area (TPSA) is 75.2 Å². The van der Waals surface area contributed by atoms with E-state index >= 15 is 0 Å². The smallest absolute Gasteiger partial charge is 0.241 e. The first-order chi connectivity index (χ1) is 10.3. The van der Waals surface area contributed by atoms with Gasteiger partial charge in [-0.2, -0.15) is 0 Å². The third kappa shape index (κ3) is 3.73. The zero-order valence-corrected chi connectivity index (χ0v) is 14.1. The van der Waals surface area contributed by atoms with Crippen molar-refractivity contribution in [2.45, 2.75) is 18.4 Å². The summed E-state index contributed by atoms with van der Waals surface area (Å²) in [5.74, 6) is 1.11. The van der Waals surface area contributed by atoms with Gasteiger partial charge in [-0.3, -0.25) is 0 Å². The predicted octanol–water partition coefficient (Wildman–Crippen LogP) is 1.98. The van der Waals surface area contributed by atoms with Crippen LogP contribution in [0.2, 0.25) is 5.02 Å². The lowest BCUT2D eigenvalue weighted by Crippen LogP contribution is -2.25. The van der Waals surface area contributed by atoms with E-state index in [2.05, 4.69) is 14.7 Å². The number of nitrogens with zero attached hydrogens (tertiary/aromatic N) is 3. The van der Waals surface area contributed by atoms with Crippen molar-refractivity contribution < 1.29 is 8.42 Å². The number of hydrogen-bond donors (Lipinski definition) is 1. The van der Waals surface area contributed by atoms with E-state index < -0.39 is 10.0 Å². The lowest BCUT2D eigenvalue weighted by atomic mass is 10.2. The van der Waals surface area contributed by atoms with Gasteiger partial charge in [0.05, 0.1) is 11.4 Å². The number of nitrogens with one attached hydrogen (secondary N) is 1. The molecule has 0 bridgehead atoms. The molecule has 0 amide bonds. The highest BCUT2D eigenvalue weighted by Crippen LogP contribution is 2.22. The predicted molar refractivity (Wildman–Crippen MR) is 86.6 cm³/mol. The van der Waals surface area contributed by atoms with Crippen LogP contribution in [0.1, 0.15) is 11.4 Å². The largest absolute Gasteiger partial charge is 0.363 e. The summed E-state index contributed by atoms with van der Waals surface area (Å²) in [5, 5.41) is 0.411. The van der Waals surface area contributed by atoms with Gasteiger partial charge in [-0.05, 0) is 30.7 Å². The zero-order valence-electron chi connectivity index (χ0n) is 12.5. The molecule has 0 atom stereocenters. The molecule has 2 aromatic rings. The molecule has 8 heteroatoms. The van der Waals surface area contributed by atoms with Gasteiger partial charge in [0.25, 0.3) is 0 Å². The number of hydrogen-bond acceptors (Lipinski definition) is 5. The second-order valence-corrected chi connectivity index (χ2v) is 7.06. The highest BCUT2D eigenvalue weighted by Gasteiger charge is 2.18. The average Bonchev–Trinajstić information content (AvgIpc) is 2.48. The van der Waals surface area contributed by atoms with E-state index in [0.717, 1.165) is 0 Å². The van der Waals surface area contributed by atoms with Crippen molar-refractivity contribution in [3.05, 3.63) is 46.9 Å². The molecule has 0 saturated heterocycles. The molecule has 0 unspecified atom stereocenters. The maximum absolute atomic E-state index is 12.4. The fraction of sp³-hybridized carbons (Fsp3) is 0.286. The summed E-state index contributed by atoms with van der Waals surface area (Å²) in [6.45, 7) is 1.68. The summed E-state index contributed by atoms with van der Waals surface area (Å²) in [6.07, 6.45) is 1.59. The first-order valence-electron chi connectivity index (χ1n) is 6.55. The molecule has 2 rings (SSSR count). The second-order valence-electron chi connectivity index (χ2n) is 4.91. The first-order valence-corrected chi connectivity index (χ1v) is 8.41. The van der Waals surface area contributed by atoms with Crippen molar-refractivity contribution in [3.8, 4) is 0 Å². The molecule has 22 heavy (non-hydrogen) atoms. The van der Waals surface area contributed by atoms with Crippen molar-refractivity contribution in [2.75, 3.05) is 19.0 Å². The van der Waals surface area contributed by atoms with E-state index in [1.54, 1.807) is 31.3 Å². The fourth-order valence-corrected chi connectivity index (χ4v) is 3.31. The van der Waals surface area contributed by atoms with E-state index in [4.69, 9.17) is 11.6 Å². The summed E-state index contributed by atoms with van der Waals surface area (Å²) in [6, 6.07) is 6.52. The molecule has 0 aliphatic carbocycles. The first kappa shape index (κ1) is 16.7.